The van der Waals surface area contributed by atoms with Crippen LogP contribution in [0.3, 0.4) is 0 Å². The van der Waals surface area contributed by atoms with Crippen molar-refractivity contribution >= 4 is 0 Å². The van der Waals surface area contributed by atoms with Crippen LogP contribution in [0.4, 0.5) is 0 Å². The van der Waals surface area contributed by atoms with Crippen LogP contribution >= 0.6 is 0 Å². The number of nitrogens with two attached hydrogens (primary N) is 1. The van der Waals surface area contributed by atoms with E-state index in [1.54, 1.807) is 6.20 Å². The predicted molar refractivity (Wildman–Crippen MR) is 28.1 cm³/mol. The maximum absolute atomic E-state index is 4.67. The van der Waals surface area contributed by atoms with Gasteiger partial charge in [-0.1, -0.05) is 6.08 Å². The Morgan fingerprint density at radius 3 is 3.00 bits per heavy atom. The standard InChI is InChI=1S/C4H10N2O/c1-2-3-6-4-7-5/h2-3,6H,4-5H2,1H3/b3-2-. The molecule has 0 aliphatic carbocycles. The summed E-state index contributed by atoms with van der Waals surface area (Å²) in [4.78, 5) is 4.18. The minimum absolute atomic E-state index is 0.365. The highest BCUT2D eigenvalue weighted by molar-refractivity contribution is 4.71. The van der Waals surface area contributed by atoms with E-state index in [-0.39, 0.29) is 0 Å². The Labute approximate surface area is 43.1 Å². The third-order valence-corrected chi connectivity index (χ3v) is 0.451. The molecule has 0 atom stereocenters. The molecular weight excluding hydrogens is 92.1 g/mol. The average molecular weight is 102 g/mol. The van der Waals surface area contributed by atoms with Gasteiger partial charge >= 0.3 is 0 Å². The summed E-state index contributed by atoms with van der Waals surface area (Å²) in [6.07, 6.45) is 3.62. The Morgan fingerprint density at radius 1 is 1.86 bits per heavy atom. The molecule has 3 N–H and O–H groups in total. The summed E-state index contributed by atoms with van der Waals surface area (Å²) in [5.74, 6) is 4.67. The molecular formula is C4H10N2O. The molecule has 0 amide bonds. The molecule has 0 saturated heterocycles. The molecule has 0 unspecified atom stereocenters. The van der Waals surface area contributed by atoms with E-state index in [4.69, 9.17) is 0 Å². The fourth-order valence-corrected chi connectivity index (χ4v) is 0.214. The van der Waals surface area contributed by atoms with Crippen molar-refractivity contribution in [3.63, 3.8) is 0 Å². The molecule has 3 nitrogen and oxygen atoms in total. The highest BCUT2D eigenvalue weighted by Gasteiger charge is 1.67. The zero-order chi connectivity index (χ0) is 5.54. The fraction of sp³-hybridized carbons (Fsp3) is 0.500. The lowest BCUT2D eigenvalue weighted by Gasteiger charge is -1.92. The van der Waals surface area contributed by atoms with Gasteiger partial charge < -0.3 is 5.32 Å². The lowest BCUT2D eigenvalue weighted by Crippen LogP contribution is -2.13. The lowest BCUT2D eigenvalue weighted by atomic mass is 10.7. The Balaban J connectivity index is 2.69. The monoisotopic (exact) mass is 102 g/mol. The molecule has 0 spiro atoms. The summed E-state index contributed by atoms with van der Waals surface area (Å²) in [6.45, 7) is 2.27. The van der Waals surface area contributed by atoms with Crippen molar-refractivity contribution in [3.8, 4) is 0 Å². The predicted octanol–water partition coefficient (Wildman–Crippen LogP) is -0.0426. The second-order valence-corrected chi connectivity index (χ2v) is 1.02. The Hall–Kier alpha value is -0.540. The van der Waals surface area contributed by atoms with Gasteiger partial charge in [-0.05, 0) is 13.1 Å². The first-order chi connectivity index (χ1) is 3.41. The Bertz CT molecular complexity index is 53.7. The van der Waals surface area contributed by atoms with Crippen LogP contribution in [0.15, 0.2) is 12.3 Å². The van der Waals surface area contributed by atoms with Gasteiger partial charge in [0, 0.05) is 0 Å². The van der Waals surface area contributed by atoms with Crippen LogP contribution in [0, 0.1) is 0 Å². The van der Waals surface area contributed by atoms with Crippen molar-refractivity contribution in [1.82, 2.24) is 5.32 Å². The van der Waals surface area contributed by atoms with Gasteiger partial charge in [0.2, 0.25) is 0 Å². The highest BCUT2D eigenvalue weighted by atomic mass is 16.6. The summed E-state index contributed by atoms with van der Waals surface area (Å²) >= 11 is 0. The van der Waals surface area contributed by atoms with Crippen LogP contribution in [-0.2, 0) is 4.84 Å². The van der Waals surface area contributed by atoms with E-state index in [0.717, 1.165) is 0 Å². The molecule has 42 valence electrons. The van der Waals surface area contributed by atoms with Gasteiger partial charge in [0.15, 0.2) is 0 Å². The third kappa shape index (κ3) is 5.46. The molecule has 0 fully saturated rings. The number of nitrogens with one attached hydrogen (secondary N) is 1. The molecule has 0 bridgehead atoms. The van der Waals surface area contributed by atoms with Gasteiger partial charge in [0.1, 0.15) is 6.73 Å². The zero-order valence-corrected chi connectivity index (χ0v) is 4.35. The molecule has 0 rings (SSSR count). The number of rotatable bonds is 3. The van der Waals surface area contributed by atoms with Crippen LogP contribution in [0.1, 0.15) is 6.92 Å². The topological polar surface area (TPSA) is 47.3 Å². The van der Waals surface area contributed by atoms with Crippen molar-refractivity contribution in [2.75, 3.05) is 6.73 Å². The largest absolute Gasteiger partial charge is 0.367 e. The third-order valence-electron chi connectivity index (χ3n) is 0.451. The van der Waals surface area contributed by atoms with Gasteiger partial charge in [-0.2, -0.15) is 0 Å². The molecule has 0 aromatic carbocycles. The van der Waals surface area contributed by atoms with E-state index in [2.05, 4.69) is 16.1 Å². The summed E-state index contributed by atoms with van der Waals surface area (Å²) in [5.41, 5.74) is 0. The fourth-order valence-electron chi connectivity index (χ4n) is 0.214. The molecule has 0 saturated carbocycles. The highest BCUT2D eigenvalue weighted by Crippen LogP contribution is 1.59. The summed E-state index contributed by atoms with van der Waals surface area (Å²) in [6, 6.07) is 0. The SMILES string of the molecule is C/C=C\NCON. The minimum atomic E-state index is 0.365. The molecule has 0 aromatic rings. The van der Waals surface area contributed by atoms with Crippen LogP contribution in [0.2, 0.25) is 0 Å². The van der Waals surface area contributed by atoms with E-state index in [0.29, 0.717) is 6.73 Å². The van der Waals surface area contributed by atoms with Gasteiger partial charge in [0.05, 0.1) is 0 Å². The van der Waals surface area contributed by atoms with Gasteiger partial charge in [-0.25, -0.2) is 5.90 Å². The first-order valence-corrected chi connectivity index (χ1v) is 2.08. The van der Waals surface area contributed by atoms with Crippen molar-refractivity contribution < 1.29 is 4.84 Å². The lowest BCUT2D eigenvalue weighted by molar-refractivity contribution is 0.129. The number of allylic oxidation sites excluding steroid dienone is 1. The van der Waals surface area contributed by atoms with Gasteiger partial charge in [-0.15, -0.1) is 0 Å². The first kappa shape index (κ1) is 6.46. The summed E-state index contributed by atoms with van der Waals surface area (Å²) in [7, 11) is 0. The summed E-state index contributed by atoms with van der Waals surface area (Å²) in [5, 5.41) is 2.76. The van der Waals surface area contributed by atoms with Crippen molar-refractivity contribution in [3.05, 3.63) is 12.3 Å². The summed E-state index contributed by atoms with van der Waals surface area (Å²) < 4.78 is 0. The number of hydrogen-bond acceptors (Lipinski definition) is 3. The first-order valence-electron chi connectivity index (χ1n) is 2.08. The van der Waals surface area contributed by atoms with Crippen molar-refractivity contribution in [1.29, 1.82) is 0 Å². The van der Waals surface area contributed by atoms with Crippen LogP contribution in [0.5, 0.6) is 0 Å². The second kappa shape index (κ2) is 5.46. The van der Waals surface area contributed by atoms with Crippen LogP contribution in [0.25, 0.3) is 0 Å². The maximum atomic E-state index is 4.67. The molecule has 7 heavy (non-hydrogen) atoms. The van der Waals surface area contributed by atoms with Crippen LogP contribution < -0.4 is 11.2 Å². The second-order valence-electron chi connectivity index (χ2n) is 1.02. The Morgan fingerprint density at radius 2 is 2.57 bits per heavy atom. The van der Waals surface area contributed by atoms with Crippen molar-refractivity contribution in [2.24, 2.45) is 5.90 Å². The molecule has 3 heteroatoms. The average Bonchev–Trinajstić information content (AvgIpc) is 1.69. The smallest absolute Gasteiger partial charge is 0.137 e. The quantitative estimate of drug-likeness (QED) is 0.298. The van der Waals surface area contributed by atoms with E-state index in [9.17, 15) is 0 Å². The van der Waals surface area contributed by atoms with E-state index >= 15 is 0 Å². The number of hydrogen-bond donors (Lipinski definition) is 2. The molecule has 0 aliphatic rings. The normalized spacial score (nSPS) is 10.0. The van der Waals surface area contributed by atoms with Gasteiger partial charge in [0.25, 0.3) is 0 Å². The molecule has 0 aliphatic heterocycles. The van der Waals surface area contributed by atoms with E-state index in [1.165, 1.54) is 0 Å². The van der Waals surface area contributed by atoms with E-state index < -0.39 is 0 Å². The van der Waals surface area contributed by atoms with E-state index in [1.807, 2.05) is 13.0 Å². The van der Waals surface area contributed by atoms with Gasteiger partial charge in [-0.3, -0.25) is 4.84 Å². The molecule has 0 aromatic heterocycles. The molecule has 0 radical (unpaired) electrons. The molecule has 0 heterocycles. The Kier molecular flexibility index (Phi) is 5.04. The minimum Gasteiger partial charge on any atom is -0.367 e. The van der Waals surface area contributed by atoms with Crippen LogP contribution in [-0.4, -0.2) is 6.73 Å². The van der Waals surface area contributed by atoms with Crippen molar-refractivity contribution in [2.45, 2.75) is 6.92 Å². The zero-order valence-electron chi connectivity index (χ0n) is 4.35. The maximum Gasteiger partial charge on any atom is 0.137 e.